The lowest BCUT2D eigenvalue weighted by atomic mass is 10.2. The van der Waals surface area contributed by atoms with Crippen molar-refractivity contribution in [2.75, 3.05) is 7.11 Å². The van der Waals surface area contributed by atoms with Crippen molar-refractivity contribution in [1.29, 1.82) is 0 Å². The van der Waals surface area contributed by atoms with Crippen molar-refractivity contribution in [1.82, 2.24) is 9.97 Å². The number of thiazole rings is 1. The SMILES string of the molecule is COC(=O)c1cc(COC(=O)Cc2csc(-c3cccnc3)n2)oc1C. The van der Waals surface area contributed by atoms with Crippen LogP contribution in [0, 0.1) is 6.92 Å². The summed E-state index contributed by atoms with van der Waals surface area (Å²) in [7, 11) is 1.29. The van der Waals surface area contributed by atoms with E-state index in [1.807, 2.05) is 17.5 Å². The number of furan rings is 1. The van der Waals surface area contributed by atoms with Gasteiger partial charge in [-0.1, -0.05) is 0 Å². The lowest BCUT2D eigenvalue weighted by Crippen LogP contribution is -2.08. The van der Waals surface area contributed by atoms with Gasteiger partial charge >= 0.3 is 11.9 Å². The van der Waals surface area contributed by atoms with Gasteiger partial charge in [-0.15, -0.1) is 11.3 Å². The maximum absolute atomic E-state index is 12.0. The van der Waals surface area contributed by atoms with Crippen LogP contribution in [0.15, 0.2) is 40.4 Å². The summed E-state index contributed by atoms with van der Waals surface area (Å²) < 4.78 is 15.3. The molecule has 0 aliphatic heterocycles. The number of nitrogens with zero attached hydrogens (tertiary/aromatic N) is 2. The molecular weight excluding hydrogens is 356 g/mol. The number of rotatable bonds is 6. The summed E-state index contributed by atoms with van der Waals surface area (Å²) in [5, 5.41) is 2.61. The fourth-order valence-corrected chi connectivity index (χ4v) is 3.10. The largest absolute Gasteiger partial charge is 0.465 e. The van der Waals surface area contributed by atoms with Crippen molar-refractivity contribution in [3.63, 3.8) is 0 Å². The molecule has 3 heterocycles. The Morgan fingerprint density at radius 3 is 2.92 bits per heavy atom. The van der Waals surface area contributed by atoms with Gasteiger partial charge in [0.2, 0.25) is 0 Å². The van der Waals surface area contributed by atoms with E-state index >= 15 is 0 Å². The quantitative estimate of drug-likeness (QED) is 0.614. The number of ether oxygens (including phenoxy) is 2. The molecule has 0 N–H and O–H groups in total. The number of carbonyl (C=O) groups is 2. The summed E-state index contributed by atoms with van der Waals surface area (Å²) in [4.78, 5) is 32.0. The number of carbonyl (C=O) groups excluding carboxylic acids is 2. The second-order valence-electron chi connectivity index (χ2n) is 5.40. The zero-order chi connectivity index (χ0) is 18.5. The first-order valence-corrected chi connectivity index (χ1v) is 8.63. The first-order valence-electron chi connectivity index (χ1n) is 7.75. The van der Waals surface area contributed by atoms with E-state index in [0.29, 0.717) is 22.8 Å². The fourth-order valence-electron chi connectivity index (χ4n) is 2.29. The van der Waals surface area contributed by atoms with Crippen LogP contribution in [0.1, 0.15) is 27.6 Å². The molecule has 7 nitrogen and oxygen atoms in total. The average Bonchev–Trinajstić information content (AvgIpc) is 3.26. The van der Waals surface area contributed by atoms with Crippen LogP contribution >= 0.6 is 11.3 Å². The van der Waals surface area contributed by atoms with Gasteiger partial charge in [0.1, 0.15) is 28.7 Å². The van der Waals surface area contributed by atoms with Crippen LogP contribution in [0.4, 0.5) is 0 Å². The molecule has 3 aromatic rings. The molecule has 0 amide bonds. The normalized spacial score (nSPS) is 10.5. The van der Waals surface area contributed by atoms with Gasteiger partial charge in [-0.2, -0.15) is 0 Å². The Labute approximate surface area is 153 Å². The van der Waals surface area contributed by atoms with Crippen molar-refractivity contribution < 1.29 is 23.5 Å². The van der Waals surface area contributed by atoms with Crippen LogP contribution in [0.25, 0.3) is 10.6 Å². The van der Waals surface area contributed by atoms with Gasteiger partial charge < -0.3 is 13.9 Å². The number of aromatic nitrogens is 2. The Morgan fingerprint density at radius 2 is 2.19 bits per heavy atom. The van der Waals surface area contributed by atoms with Gasteiger partial charge in [0.15, 0.2) is 0 Å². The van der Waals surface area contributed by atoms with Crippen molar-refractivity contribution in [3.05, 3.63) is 58.8 Å². The maximum atomic E-state index is 12.0. The molecule has 0 aliphatic carbocycles. The fraction of sp³-hybridized carbons (Fsp3) is 0.222. The topological polar surface area (TPSA) is 91.5 Å². The van der Waals surface area contributed by atoms with E-state index in [0.717, 1.165) is 10.6 Å². The summed E-state index contributed by atoms with van der Waals surface area (Å²) in [5.41, 5.74) is 1.85. The van der Waals surface area contributed by atoms with Gasteiger partial charge in [0, 0.05) is 23.3 Å². The third-order valence-corrected chi connectivity index (χ3v) is 4.48. The van der Waals surface area contributed by atoms with E-state index in [9.17, 15) is 9.59 Å². The predicted molar refractivity (Wildman–Crippen MR) is 93.6 cm³/mol. The number of hydrogen-bond acceptors (Lipinski definition) is 8. The molecule has 0 saturated heterocycles. The summed E-state index contributed by atoms with van der Waals surface area (Å²) >= 11 is 1.44. The highest BCUT2D eigenvalue weighted by molar-refractivity contribution is 7.13. The third-order valence-electron chi connectivity index (χ3n) is 3.54. The molecule has 3 aromatic heterocycles. The standard InChI is InChI=1S/C18H16N2O5S/c1-11-15(18(22)23-2)7-14(25-11)9-24-16(21)6-13-10-26-17(20-13)12-4-3-5-19-8-12/h3-5,7-8,10H,6,9H2,1-2H3. The Hall–Kier alpha value is -3.00. The second kappa shape index (κ2) is 7.92. The van der Waals surface area contributed by atoms with E-state index < -0.39 is 11.9 Å². The summed E-state index contributed by atoms with van der Waals surface area (Å²) in [5.74, 6) is -0.120. The average molecular weight is 372 g/mol. The molecule has 8 heteroatoms. The highest BCUT2D eigenvalue weighted by Crippen LogP contribution is 2.23. The first kappa shape index (κ1) is 17.8. The molecule has 3 rings (SSSR count). The van der Waals surface area contributed by atoms with Gasteiger partial charge in [0.05, 0.1) is 19.2 Å². The smallest absolute Gasteiger partial charge is 0.341 e. The summed E-state index contributed by atoms with van der Waals surface area (Å²) in [6.45, 7) is 1.59. The van der Waals surface area contributed by atoms with Gasteiger partial charge in [-0.25, -0.2) is 9.78 Å². The number of hydrogen-bond donors (Lipinski definition) is 0. The molecule has 0 bridgehead atoms. The highest BCUT2D eigenvalue weighted by Gasteiger charge is 2.17. The van der Waals surface area contributed by atoms with Crippen molar-refractivity contribution in [2.45, 2.75) is 20.0 Å². The highest BCUT2D eigenvalue weighted by atomic mass is 32.1. The Morgan fingerprint density at radius 1 is 1.35 bits per heavy atom. The molecule has 0 aliphatic rings. The Kier molecular flexibility index (Phi) is 5.43. The molecule has 0 spiro atoms. The third kappa shape index (κ3) is 4.15. The van der Waals surface area contributed by atoms with Gasteiger partial charge in [0.25, 0.3) is 0 Å². The van der Waals surface area contributed by atoms with Crippen LogP contribution in [-0.2, 0) is 27.3 Å². The van der Waals surface area contributed by atoms with E-state index in [1.54, 1.807) is 19.3 Å². The number of pyridine rings is 1. The molecule has 0 aromatic carbocycles. The number of aryl methyl sites for hydroxylation is 1. The first-order chi connectivity index (χ1) is 12.6. The van der Waals surface area contributed by atoms with Crippen LogP contribution < -0.4 is 0 Å². The van der Waals surface area contributed by atoms with Gasteiger partial charge in [-0.05, 0) is 25.1 Å². The molecule has 0 unspecified atom stereocenters. The van der Waals surface area contributed by atoms with E-state index in [4.69, 9.17) is 9.15 Å². The summed E-state index contributed by atoms with van der Waals surface area (Å²) in [6.07, 6.45) is 3.47. The predicted octanol–water partition coefficient (Wildman–Crippen LogP) is 3.18. The zero-order valence-corrected chi connectivity index (χ0v) is 15.0. The maximum Gasteiger partial charge on any atom is 0.341 e. The molecule has 0 saturated carbocycles. The van der Waals surface area contributed by atoms with Gasteiger partial charge in [-0.3, -0.25) is 9.78 Å². The lowest BCUT2D eigenvalue weighted by molar-refractivity contribution is -0.144. The van der Waals surface area contributed by atoms with Crippen LogP contribution in [0.2, 0.25) is 0 Å². The molecule has 0 atom stereocenters. The summed E-state index contributed by atoms with van der Waals surface area (Å²) in [6, 6.07) is 5.25. The van der Waals surface area contributed by atoms with Crippen LogP contribution in [-0.4, -0.2) is 29.0 Å². The molecular formula is C18H16N2O5S. The van der Waals surface area contributed by atoms with Crippen molar-refractivity contribution in [3.8, 4) is 10.6 Å². The van der Waals surface area contributed by atoms with E-state index in [1.165, 1.54) is 24.5 Å². The van der Waals surface area contributed by atoms with Crippen molar-refractivity contribution in [2.24, 2.45) is 0 Å². The molecule has 134 valence electrons. The minimum atomic E-state index is -0.491. The van der Waals surface area contributed by atoms with E-state index in [2.05, 4.69) is 14.7 Å². The zero-order valence-electron chi connectivity index (χ0n) is 14.2. The minimum Gasteiger partial charge on any atom is -0.465 e. The van der Waals surface area contributed by atoms with Crippen molar-refractivity contribution >= 4 is 23.3 Å². The molecule has 26 heavy (non-hydrogen) atoms. The van der Waals surface area contributed by atoms with E-state index in [-0.39, 0.29) is 13.0 Å². The molecule has 0 fully saturated rings. The lowest BCUT2D eigenvalue weighted by Gasteiger charge is -2.01. The van der Waals surface area contributed by atoms with Crippen LogP contribution in [0.5, 0.6) is 0 Å². The second-order valence-corrected chi connectivity index (χ2v) is 6.26. The Balaban J connectivity index is 1.57. The molecule has 0 radical (unpaired) electrons. The minimum absolute atomic E-state index is 0.0559. The number of methoxy groups -OCH3 is 1. The van der Waals surface area contributed by atoms with Crippen LogP contribution in [0.3, 0.4) is 0 Å². The Bertz CT molecular complexity index is 917. The number of esters is 2. The monoisotopic (exact) mass is 372 g/mol.